The van der Waals surface area contributed by atoms with Crippen LogP contribution in [0.2, 0.25) is 0 Å². The third kappa shape index (κ3) is 4.04. The first-order valence-electron chi connectivity index (χ1n) is 7.30. The first kappa shape index (κ1) is 17.3. The minimum atomic E-state index is -0.294. The Morgan fingerprint density at radius 1 is 0.875 bits per heavy atom. The van der Waals surface area contributed by atoms with Crippen molar-refractivity contribution >= 4 is 11.6 Å². The second-order valence-electron chi connectivity index (χ2n) is 4.94. The topological polar surface area (TPSA) is 69.2 Å². The third-order valence-electron chi connectivity index (χ3n) is 3.48. The highest BCUT2D eigenvalue weighted by Gasteiger charge is 2.08. The molecule has 6 nitrogen and oxygen atoms in total. The van der Waals surface area contributed by atoms with Crippen molar-refractivity contribution in [2.75, 3.05) is 21.3 Å². The predicted molar refractivity (Wildman–Crippen MR) is 92.2 cm³/mol. The molecule has 2 rings (SSSR count). The normalized spacial score (nSPS) is 10.9. The van der Waals surface area contributed by atoms with Crippen molar-refractivity contribution in [3.63, 3.8) is 0 Å². The van der Waals surface area contributed by atoms with Crippen molar-refractivity contribution in [3.8, 4) is 17.2 Å². The fraction of sp³-hybridized carbons (Fsp3) is 0.222. The number of carbonyl (C=O) groups is 1. The maximum atomic E-state index is 12.1. The van der Waals surface area contributed by atoms with Gasteiger partial charge in [0.05, 0.1) is 27.0 Å². The Kier molecular flexibility index (Phi) is 5.78. The average Bonchev–Trinajstić information content (AvgIpc) is 2.65. The molecule has 126 valence electrons. The summed E-state index contributed by atoms with van der Waals surface area (Å²) >= 11 is 0. The second kappa shape index (κ2) is 8.01. The van der Waals surface area contributed by atoms with Gasteiger partial charge in [-0.05, 0) is 49.4 Å². The summed E-state index contributed by atoms with van der Waals surface area (Å²) in [6.07, 6.45) is 0. The number of hydrogen-bond acceptors (Lipinski definition) is 5. The van der Waals surface area contributed by atoms with Crippen LogP contribution < -0.4 is 19.6 Å². The van der Waals surface area contributed by atoms with Crippen molar-refractivity contribution in [2.24, 2.45) is 5.10 Å². The van der Waals surface area contributed by atoms with Gasteiger partial charge in [-0.3, -0.25) is 4.79 Å². The Hall–Kier alpha value is -3.02. The first-order valence-corrected chi connectivity index (χ1v) is 7.30. The van der Waals surface area contributed by atoms with E-state index in [1.54, 1.807) is 64.7 Å². The molecular formula is C18H20N2O4. The molecule has 0 aliphatic rings. The fourth-order valence-corrected chi connectivity index (χ4v) is 2.07. The van der Waals surface area contributed by atoms with Crippen LogP contribution in [0.15, 0.2) is 47.6 Å². The number of rotatable bonds is 6. The molecule has 6 heteroatoms. The van der Waals surface area contributed by atoms with E-state index in [-0.39, 0.29) is 5.91 Å². The molecule has 0 aliphatic heterocycles. The summed E-state index contributed by atoms with van der Waals surface area (Å²) in [6.45, 7) is 1.80. The largest absolute Gasteiger partial charge is 0.497 e. The van der Waals surface area contributed by atoms with Gasteiger partial charge in [-0.1, -0.05) is 0 Å². The molecule has 0 aliphatic carbocycles. The van der Waals surface area contributed by atoms with E-state index < -0.39 is 0 Å². The Bertz CT molecular complexity index is 739. The molecule has 0 aromatic heterocycles. The molecule has 0 heterocycles. The quantitative estimate of drug-likeness (QED) is 0.654. The summed E-state index contributed by atoms with van der Waals surface area (Å²) in [5.41, 5.74) is 4.51. The van der Waals surface area contributed by atoms with E-state index in [2.05, 4.69) is 10.5 Å². The first-order chi connectivity index (χ1) is 11.6. The fourth-order valence-electron chi connectivity index (χ4n) is 2.07. The lowest BCUT2D eigenvalue weighted by Gasteiger charge is -2.09. The van der Waals surface area contributed by atoms with Gasteiger partial charge in [0.1, 0.15) is 5.75 Å². The highest BCUT2D eigenvalue weighted by Crippen LogP contribution is 2.27. The Morgan fingerprint density at radius 3 is 2.08 bits per heavy atom. The van der Waals surface area contributed by atoms with Crippen LogP contribution in [0.1, 0.15) is 22.8 Å². The van der Waals surface area contributed by atoms with E-state index >= 15 is 0 Å². The van der Waals surface area contributed by atoms with Gasteiger partial charge in [-0.2, -0.15) is 5.10 Å². The summed E-state index contributed by atoms with van der Waals surface area (Å²) in [6, 6.07) is 12.2. The van der Waals surface area contributed by atoms with Crippen molar-refractivity contribution in [1.82, 2.24) is 5.43 Å². The van der Waals surface area contributed by atoms with Gasteiger partial charge < -0.3 is 14.2 Å². The van der Waals surface area contributed by atoms with Crippen LogP contribution in [-0.4, -0.2) is 32.9 Å². The molecule has 0 spiro atoms. The zero-order valence-electron chi connectivity index (χ0n) is 14.1. The third-order valence-corrected chi connectivity index (χ3v) is 3.48. The number of ether oxygens (including phenoxy) is 3. The van der Waals surface area contributed by atoms with Gasteiger partial charge in [-0.15, -0.1) is 0 Å². The average molecular weight is 328 g/mol. The molecule has 0 atom stereocenters. The van der Waals surface area contributed by atoms with Crippen molar-refractivity contribution in [2.45, 2.75) is 6.92 Å². The number of hydrogen-bond donors (Lipinski definition) is 1. The lowest BCUT2D eigenvalue weighted by atomic mass is 10.1. The summed E-state index contributed by atoms with van der Waals surface area (Å²) in [5.74, 6) is 1.64. The van der Waals surface area contributed by atoms with Crippen LogP contribution in [0, 0.1) is 0 Å². The van der Waals surface area contributed by atoms with Crippen molar-refractivity contribution in [1.29, 1.82) is 0 Å². The number of nitrogens with one attached hydrogen (secondary N) is 1. The number of hydrazone groups is 1. The SMILES string of the molecule is COc1ccc(C(=O)N/N=C(\C)c2ccc(OC)c(OC)c2)cc1. The van der Waals surface area contributed by atoms with Gasteiger partial charge in [0, 0.05) is 11.1 Å². The van der Waals surface area contributed by atoms with E-state index in [1.807, 2.05) is 6.07 Å². The Balaban J connectivity index is 2.11. The van der Waals surface area contributed by atoms with Crippen LogP contribution in [0.25, 0.3) is 0 Å². The zero-order valence-corrected chi connectivity index (χ0v) is 14.1. The Labute approximate surface area is 141 Å². The summed E-state index contributed by atoms with van der Waals surface area (Å²) in [4.78, 5) is 12.1. The van der Waals surface area contributed by atoms with Crippen LogP contribution in [0.5, 0.6) is 17.2 Å². The van der Waals surface area contributed by atoms with Crippen LogP contribution >= 0.6 is 0 Å². The smallest absolute Gasteiger partial charge is 0.271 e. The van der Waals surface area contributed by atoms with E-state index in [4.69, 9.17) is 14.2 Å². The van der Waals surface area contributed by atoms with E-state index in [0.29, 0.717) is 28.5 Å². The number of amides is 1. The number of methoxy groups -OCH3 is 3. The standard InChI is InChI=1S/C18H20N2O4/c1-12(14-7-10-16(23-3)17(11-14)24-4)19-20-18(21)13-5-8-15(22-2)9-6-13/h5-11H,1-4H3,(H,20,21)/b19-12+. The van der Waals surface area contributed by atoms with Gasteiger partial charge in [0.25, 0.3) is 5.91 Å². The molecule has 0 saturated heterocycles. The van der Waals surface area contributed by atoms with E-state index in [0.717, 1.165) is 5.56 Å². The van der Waals surface area contributed by atoms with Gasteiger partial charge in [0.2, 0.25) is 0 Å². The maximum Gasteiger partial charge on any atom is 0.271 e. The van der Waals surface area contributed by atoms with Gasteiger partial charge in [-0.25, -0.2) is 5.43 Å². The molecule has 0 bridgehead atoms. The predicted octanol–water partition coefficient (Wildman–Crippen LogP) is 2.87. The molecule has 2 aromatic rings. The van der Waals surface area contributed by atoms with Crippen molar-refractivity contribution < 1.29 is 19.0 Å². The summed E-state index contributed by atoms with van der Waals surface area (Å²) in [7, 11) is 4.72. The van der Waals surface area contributed by atoms with Crippen LogP contribution in [0.3, 0.4) is 0 Å². The zero-order chi connectivity index (χ0) is 17.5. The molecule has 1 N–H and O–H groups in total. The summed E-state index contributed by atoms with van der Waals surface area (Å²) in [5, 5.41) is 4.13. The lowest BCUT2D eigenvalue weighted by molar-refractivity contribution is 0.0955. The van der Waals surface area contributed by atoms with Gasteiger partial charge >= 0.3 is 0 Å². The molecular weight excluding hydrogens is 308 g/mol. The minimum Gasteiger partial charge on any atom is -0.497 e. The summed E-state index contributed by atoms with van der Waals surface area (Å²) < 4.78 is 15.5. The molecule has 0 radical (unpaired) electrons. The number of benzene rings is 2. The minimum absolute atomic E-state index is 0.294. The monoisotopic (exact) mass is 328 g/mol. The van der Waals surface area contributed by atoms with Crippen molar-refractivity contribution in [3.05, 3.63) is 53.6 Å². The van der Waals surface area contributed by atoms with Gasteiger partial charge in [0.15, 0.2) is 11.5 Å². The van der Waals surface area contributed by atoms with E-state index in [1.165, 1.54) is 0 Å². The molecule has 0 fully saturated rings. The maximum absolute atomic E-state index is 12.1. The molecule has 24 heavy (non-hydrogen) atoms. The van der Waals surface area contributed by atoms with E-state index in [9.17, 15) is 4.79 Å². The number of nitrogens with zero attached hydrogens (tertiary/aromatic N) is 1. The molecule has 2 aromatic carbocycles. The number of carbonyl (C=O) groups excluding carboxylic acids is 1. The highest BCUT2D eigenvalue weighted by molar-refractivity contribution is 6.01. The highest BCUT2D eigenvalue weighted by atomic mass is 16.5. The molecule has 1 amide bonds. The molecule has 0 saturated carbocycles. The van der Waals surface area contributed by atoms with Crippen LogP contribution in [0.4, 0.5) is 0 Å². The molecule has 0 unspecified atom stereocenters. The van der Waals surface area contributed by atoms with Crippen LogP contribution in [-0.2, 0) is 0 Å². The Morgan fingerprint density at radius 2 is 1.50 bits per heavy atom. The second-order valence-corrected chi connectivity index (χ2v) is 4.94. The lowest BCUT2D eigenvalue weighted by Crippen LogP contribution is -2.19.